The maximum atomic E-state index is 12.9. The summed E-state index contributed by atoms with van der Waals surface area (Å²) in [7, 11) is 4.68. The Morgan fingerprint density at radius 2 is 1.87 bits per heavy atom. The second kappa shape index (κ2) is 11.7. The Balaban J connectivity index is 1.46. The zero-order valence-electron chi connectivity index (χ0n) is 23.2. The lowest BCUT2D eigenvalue weighted by Gasteiger charge is -2.42. The van der Waals surface area contributed by atoms with Gasteiger partial charge >= 0.3 is 5.97 Å². The van der Waals surface area contributed by atoms with Gasteiger partial charge in [0.05, 0.1) is 39.5 Å². The van der Waals surface area contributed by atoms with Crippen LogP contribution in [-0.2, 0) is 23.7 Å². The molecule has 0 amide bonds. The molecule has 1 aromatic rings. The van der Waals surface area contributed by atoms with Gasteiger partial charge in [-0.3, -0.25) is 0 Å². The van der Waals surface area contributed by atoms with Gasteiger partial charge in [-0.25, -0.2) is 4.79 Å². The fourth-order valence-corrected chi connectivity index (χ4v) is 5.71. The number of allylic oxidation sites excluding steroid dienone is 1. The highest BCUT2D eigenvalue weighted by Crippen LogP contribution is 2.59. The lowest BCUT2D eigenvalue weighted by atomic mass is 9.68. The number of rotatable bonds is 12. The van der Waals surface area contributed by atoms with Crippen molar-refractivity contribution in [3.05, 3.63) is 35.4 Å². The minimum atomic E-state index is -0.468. The van der Waals surface area contributed by atoms with Crippen molar-refractivity contribution >= 4 is 12.0 Å². The summed E-state index contributed by atoms with van der Waals surface area (Å²) in [4.78, 5) is 12.9. The molecule has 2 saturated heterocycles. The minimum Gasteiger partial charge on any atom is -0.493 e. The lowest BCUT2D eigenvalue weighted by Crippen LogP contribution is -2.55. The van der Waals surface area contributed by atoms with E-state index in [1.54, 1.807) is 25.3 Å². The monoisotopic (exact) mass is 532 g/mol. The third-order valence-electron chi connectivity index (χ3n) is 7.74. The second-order valence-corrected chi connectivity index (χ2v) is 10.5. The molecule has 1 spiro atoms. The first-order valence-corrected chi connectivity index (χ1v) is 13.1. The topological polar surface area (TPSA) is 109 Å². The normalized spacial score (nSPS) is 31.7. The Kier molecular flexibility index (Phi) is 8.72. The highest BCUT2D eigenvalue weighted by molar-refractivity contribution is 5.87. The van der Waals surface area contributed by atoms with Gasteiger partial charge in [-0.05, 0) is 63.8 Å². The van der Waals surface area contributed by atoms with Crippen LogP contribution in [-0.4, -0.2) is 81.7 Å². The quantitative estimate of drug-likeness (QED) is 0.187. The number of hydrogen-bond acceptors (Lipinski definition) is 9. The average Bonchev–Trinajstić information content (AvgIpc) is 3.82. The smallest absolute Gasteiger partial charge is 0.331 e. The molecular formula is C29H40O9. The summed E-state index contributed by atoms with van der Waals surface area (Å²) in [5.74, 6) is 0.733. The number of carbonyl (C=O) groups excluding carboxylic acids is 1. The first-order chi connectivity index (χ1) is 18.2. The summed E-state index contributed by atoms with van der Waals surface area (Å²) >= 11 is 0. The molecule has 2 aliphatic heterocycles. The minimum absolute atomic E-state index is 0.0360. The zero-order chi connectivity index (χ0) is 27.5. The number of epoxide rings is 2. The molecular weight excluding hydrogens is 492 g/mol. The van der Waals surface area contributed by atoms with E-state index < -0.39 is 17.7 Å². The highest BCUT2D eigenvalue weighted by Gasteiger charge is 2.72. The molecule has 9 heteroatoms. The van der Waals surface area contributed by atoms with Crippen LogP contribution in [0.2, 0.25) is 0 Å². The average molecular weight is 533 g/mol. The summed E-state index contributed by atoms with van der Waals surface area (Å²) in [5.41, 5.74) is 1.26. The van der Waals surface area contributed by atoms with Crippen LogP contribution in [0.5, 0.6) is 17.2 Å². The van der Waals surface area contributed by atoms with Crippen LogP contribution >= 0.6 is 0 Å². The number of methoxy groups -OCH3 is 3. The number of esters is 1. The molecule has 38 heavy (non-hydrogen) atoms. The van der Waals surface area contributed by atoms with Gasteiger partial charge in [0.25, 0.3) is 0 Å². The van der Waals surface area contributed by atoms with Gasteiger partial charge in [-0.2, -0.15) is 0 Å². The van der Waals surface area contributed by atoms with E-state index in [-0.39, 0.29) is 36.9 Å². The molecule has 1 aliphatic carbocycles. The van der Waals surface area contributed by atoms with Crippen molar-refractivity contribution in [3.63, 3.8) is 0 Å². The molecule has 1 aromatic carbocycles. The van der Waals surface area contributed by atoms with E-state index in [9.17, 15) is 4.79 Å². The Morgan fingerprint density at radius 1 is 1.18 bits per heavy atom. The molecule has 1 saturated carbocycles. The molecule has 1 N–H and O–H groups in total. The van der Waals surface area contributed by atoms with Gasteiger partial charge in [-0.1, -0.05) is 11.6 Å². The van der Waals surface area contributed by atoms with Gasteiger partial charge in [0, 0.05) is 13.2 Å². The molecule has 210 valence electrons. The first-order valence-electron chi connectivity index (χ1n) is 13.1. The predicted molar refractivity (Wildman–Crippen MR) is 141 cm³/mol. The molecule has 0 bridgehead atoms. The fraction of sp³-hybridized carbons (Fsp3) is 0.621. The van der Waals surface area contributed by atoms with Crippen LogP contribution in [0.3, 0.4) is 0 Å². The van der Waals surface area contributed by atoms with E-state index in [4.69, 9.17) is 38.3 Å². The van der Waals surface area contributed by atoms with E-state index >= 15 is 0 Å². The number of hydrogen-bond donors (Lipinski definition) is 1. The van der Waals surface area contributed by atoms with Crippen molar-refractivity contribution in [2.45, 2.75) is 69.5 Å². The molecule has 3 fully saturated rings. The lowest BCUT2D eigenvalue weighted by molar-refractivity contribution is -0.166. The molecule has 4 rings (SSSR count). The van der Waals surface area contributed by atoms with Crippen molar-refractivity contribution in [2.75, 3.05) is 41.2 Å². The SMILES string of the molecule is COc1cc(/C=C/C(=O)O[C@@H]2CC[C@]3(CO3)[C@@H]([C@]3(C)O[C@@H]3CC=C(C)C)[C@@H]2OC)cc(OC)c1OCCO. The number of ether oxygens (including phenoxy) is 7. The van der Waals surface area contributed by atoms with Crippen LogP contribution in [0.15, 0.2) is 29.9 Å². The van der Waals surface area contributed by atoms with Crippen LogP contribution in [0, 0.1) is 5.92 Å². The van der Waals surface area contributed by atoms with E-state index in [0.717, 1.165) is 12.8 Å². The van der Waals surface area contributed by atoms with E-state index in [1.165, 1.54) is 25.9 Å². The third-order valence-corrected chi connectivity index (χ3v) is 7.74. The van der Waals surface area contributed by atoms with Gasteiger partial charge in [0.15, 0.2) is 11.5 Å². The van der Waals surface area contributed by atoms with Gasteiger partial charge in [0.1, 0.15) is 30.0 Å². The molecule has 0 aromatic heterocycles. The molecule has 6 atom stereocenters. The Labute approximate surface area is 224 Å². The summed E-state index contributed by atoms with van der Waals surface area (Å²) < 4.78 is 40.5. The van der Waals surface area contributed by atoms with E-state index in [1.807, 2.05) is 0 Å². The highest BCUT2D eigenvalue weighted by atomic mass is 16.6. The van der Waals surface area contributed by atoms with E-state index in [2.05, 4.69) is 26.8 Å². The summed E-state index contributed by atoms with van der Waals surface area (Å²) in [5, 5.41) is 9.08. The van der Waals surface area contributed by atoms with Gasteiger partial charge < -0.3 is 38.3 Å². The number of carbonyl (C=O) groups is 1. The first kappa shape index (κ1) is 28.4. The predicted octanol–water partition coefficient (Wildman–Crippen LogP) is 3.71. The Morgan fingerprint density at radius 3 is 2.42 bits per heavy atom. The third kappa shape index (κ3) is 5.86. The van der Waals surface area contributed by atoms with Crippen LogP contribution < -0.4 is 14.2 Å². The number of benzene rings is 1. The molecule has 0 unspecified atom stereocenters. The summed E-state index contributed by atoms with van der Waals surface area (Å²) in [6.45, 7) is 6.92. The summed E-state index contributed by atoms with van der Waals surface area (Å²) in [6, 6.07) is 3.44. The molecule has 2 heterocycles. The van der Waals surface area contributed by atoms with Crippen molar-refractivity contribution in [1.29, 1.82) is 0 Å². The summed E-state index contributed by atoms with van der Waals surface area (Å²) in [6.07, 6.45) is 6.83. The number of aliphatic hydroxyl groups excluding tert-OH is 1. The maximum Gasteiger partial charge on any atom is 0.331 e. The number of aliphatic hydroxyl groups is 1. The maximum absolute atomic E-state index is 12.9. The Bertz CT molecular complexity index is 1030. The van der Waals surface area contributed by atoms with Gasteiger partial charge in [0.2, 0.25) is 5.75 Å². The van der Waals surface area contributed by atoms with Crippen LogP contribution in [0.4, 0.5) is 0 Å². The second-order valence-electron chi connectivity index (χ2n) is 10.5. The van der Waals surface area contributed by atoms with Gasteiger partial charge in [-0.15, -0.1) is 0 Å². The van der Waals surface area contributed by atoms with Crippen molar-refractivity contribution in [1.82, 2.24) is 0 Å². The van der Waals surface area contributed by atoms with Crippen molar-refractivity contribution in [3.8, 4) is 17.2 Å². The van der Waals surface area contributed by atoms with Crippen LogP contribution in [0.25, 0.3) is 6.08 Å². The zero-order valence-corrected chi connectivity index (χ0v) is 23.2. The molecule has 0 radical (unpaired) electrons. The largest absolute Gasteiger partial charge is 0.493 e. The standard InChI is InChI=1S/C29H40O9/c1-18(2)7-9-23-28(3,38-23)27-26(34-6)20(11-12-29(27)17-36-29)37-24(31)10-8-19-15-21(32-4)25(35-14-13-30)22(16-19)33-5/h7-8,10,15-16,20,23,26-27,30H,9,11-14,17H2,1-6H3/b10-8+/t20-,23-,26-,27-,28-,29+/m1/s1. The van der Waals surface area contributed by atoms with Crippen molar-refractivity contribution in [2.24, 2.45) is 5.92 Å². The van der Waals surface area contributed by atoms with Crippen molar-refractivity contribution < 1.29 is 43.1 Å². The van der Waals surface area contributed by atoms with E-state index in [0.29, 0.717) is 35.8 Å². The fourth-order valence-electron chi connectivity index (χ4n) is 5.71. The Hall–Kier alpha value is -2.59. The molecule has 3 aliphatic rings. The molecule has 9 nitrogen and oxygen atoms in total. The van der Waals surface area contributed by atoms with Crippen LogP contribution in [0.1, 0.15) is 45.6 Å².